The molecule has 0 atom stereocenters. The maximum Gasteiger partial charge on any atom is 0.0537 e. The Labute approximate surface area is 130 Å². The molecular formula is C18H33N3. The second-order valence-electron chi connectivity index (χ2n) is 7.56. The van der Waals surface area contributed by atoms with E-state index in [1.165, 1.54) is 56.2 Å². The molecule has 0 bridgehead atoms. The zero-order chi connectivity index (χ0) is 15.3. The maximum absolute atomic E-state index is 4.78. The van der Waals surface area contributed by atoms with E-state index in [0.717, 1.165) is 13.0 Å². The smallest absolute Gasteiger partial charge is 0.0537 e. The van der Waals surface area contributed by atoms with E-state index < -0.39 is 0 Å². The van der Waals surface area contributed by atoms with Gasteiger partial charge in [-0.2, -0.15) is 5.10 Å². The van der Waals surface area contributed by atoms with Crippen molar-refractivity contribution >= 4 is 0 Å². The van der Waals surface area contributed by atoms with Crippen LogP contribution in [0.15, 0.2) is 6.20 Å². The monoisotopic (exact) mass is 291 g/mol. The predicted molar refractivity (Wildman–Crippen MR) is 89.6 cm³/mol. The number of nitrogens with one attached hydrogen (secondary N) is 1. The lowest BCUT2D eigenvalue weighted by atomic mass is 10.1. The lowest BCUT2D eigenvalue weighted by molar-refractivity contribution is 0.390. The Kier molecular flexibility index (Phi) is 5.86. The predicted octanol–water partition coefficient (Wildman–Crippen LogP) is 4.62. The van der Waals surface area contributed by atoms with Crippen molar-refractivity contribution in [2.45, 2.75) is 97.2 Å². The van der Waals surface area contributed by atoms with Crippen LogP contribution in [0.2, 0.25) is 0 Å². The third kappa shape index (κ3) is 4.84. The summed E-state index contributed by atoms with van der Waals surface area (Å²) in [5.74, 6) is 0. The summed E-state index contributed by atoms with van der Waals surface area (Å²) in [6.07, 6.45) is 12.6. The van der Waals surface area contributed by atoms with E-state index >= 15 is 0 Å². The van der Waals surface area contributed by atoms with Crippen LogP contribution in [0.25, 0.3) is 0 Å². The molecular weight excluding hydrogens is 258 g/mol. The van der Waals surface area contributed by atoms with Gasteiger partial charge in [-0.3, -0.25) is 4.68 Å². The molecule has 3 heteroatoms. The van der Waals surface area contributed by atoms with Crippen LogP contribution in [0.5, 0.6) is 0 Å². The molecule has 0 unspecified atom stereocenters. The fourth-order valence-corrected chi connectivity index (χ4v) is 3.26. The Hall–Kier alpha value is -0.830. The van der Waals surface area contributed by atoms with E-state index in [-0.39, 0.29) is 5.54 Å². The van der Waals surface area contributed by atoms with Crippen molar-refractivity contribution in [1.82, 2.24) is 15.1 Å². The third-order valence-electron chi connectivity index (χ3n) is 4.45. The van der Waals surface area contributed by atoms with Crippen LogP contribution in [-0.2, 0) is 13.0 Å². The summed E-state index contributed by atoms with van der Waals surface area (Å²) in [7, 11) is 0. The number of aromatic nitrogens is 2. The van der Waals surface area contributed by atoms with Gasteiger partial charge in [0.05, 0.1) is 12.2 Å². The summed E-state index contributed by atoms with van der Waals surface area (Å²) in [6, 6.07) is 0.637. The minimum absolute atomic E-state index is 0.161. The minimum Gasteiger partial charge on any atom is -0.308 e. The topological polar surface area (TPSA) is 29.9 Å². The SMILES string of the molecule is CCCc1c(CNC(C)(C)C)cnn1C1CCCCCC1. The first kappa shape index (κ1) is 16.5. The van der Waals surface area contributed by atoms with E-state index in [4.69, 9.17) is 5.10 Å². The highest BCUT2D eigenvalue weighted by molar-refractivity contribution is 5.19. The van der Waals surface area contributed by atoms with Crippen LogP contribution in [0.4, 0.5) is 0 Å². The van der Waals surface area contributed by atoms with Gasteiger partial charge in [0.1, 0.15) is 0 Å². The fourth-order valence-electron chi connectivity index (χ4n) is 3.26. The molecule has 1 fully saturated rings. The van der Waals surface area contributed by atoms with Crippen LogP contribution in [0.1, 0.15) is 89.9 Å². The second kappa shape index (κ2) is 7.44. The Balaban J connectivity index is 2.14. The molecule has 120 valence electrons. The van der Waals surface area contributed by atoms with Gasteiger partial charge in [0.15, 0.2) is 0 Å². The van der Waals surface area contributed by atoms with E-state index in [1.807, 2.05) is 0 Å². The molecule has 0 saturated heterocycles. The van der Waals surface area contributed by atoms with Gasteiger partial charge in [0.2, 0.25) is 0 Å². The van der Waals surface area contributed by atoms with Crippen LogP contribution in [0.3, 0.4) is 0 Å². The van der Waals surface area contributed by atoms with Crippen LogP contribution in [-0.4, -0.2) is 15.3 Å². The molecule has 1 saturated carbocycles. The van der Waals surface area contributed by atoms with Gasteiger partial charge in [-0.1, -0.05) is 39.0 Å². The molecule has 2 rings (SSSR count). The summed E-state index contributed by atoms with van der Waals surface area (Å²) in [5.41, 5.74) is 3.03. The molecule has 21 heavy (non-hydrogen) atoms. The zero-order valence-corrected chi connectivity index (χ0v) is 14.4. The average Bonchev–Trinajstić information content (AvgIpc) is 2.63. The van der Waals surface area contributed by atoms with Gasteiger partial charge in [0, 0.05) is 23.3 Å². The van der Waals surface area contributed by atoms with Crippen molar-refractivity contribution in [3.05, 3.63) is 17.5 Å². The highest BCUT2D eigenvalue weighted by Gasteiger charge is 2.20. The number of nitrogens with zero attached hydrogens (tertiary/aromatic N) is 2. The molecule has 3 nitrogen and oxygen atoms in total. The molecule has 1 heterocycles. The van der Waals surface area contributed by atoms with Crippen molar-refractivity contribution in [1.29, 1.82) is 0 Å². The van der Waals surface area contributed by atoms with Crippen molar-refractivity contribution in [2.24, 2.45) is 0 Å². The van der Waals surface area contributed by atoms with Crippen LogP contribution < -0.4 is 5.32 Å². The molecule has 1 N–H and O–H groups in total. The lowest BCUT2D eigenvalue weighted by Crippen LogP contribution is -2.35. The molecule has 1 aliphatic carbocycles. The maximum atomic E-state index is 4.78. The van der Waals surface area contributed by atoms with E-state index in [9.17, 15) is 0 Å². The second-order valence-corrected chi connectivity index (χ2v) is 7.56. The summed E-state index contributed by atoms with van der Waals surface area (Å²) >= 11 is 0. The summed E-state index contributed by atoms with van der Waals surface area (Å²) in [5, 5.41) is 8.39. The van der Waals surface area contributed by atoms with Gasteiger partial charge in [-0.15, -0.1) is 0 Å². The van der Waals surface area contributed by atoms with Gasteiger partial charge < -0.3 is 5.32 Å². The Morgan fingerprint density at radius 2 is 1.86 bits per heavy atom. The molecule has 0 aliphatic heterocycles. The van der Waals surface area contributed by atoms with Crippen molar-refractivity contribution in [3.8, 4) is 0 Å². The standard InChI is InChI=1S/C18H33N3/c1-5-10-17-15(13-19-18(2,3)4)14-20-21(17)16-11-8-6-7-9-12-16/h14,16,19H,5-13H2,1-4H3. The first-order chi connectivity index (χ1) is 10.0. The molecule has 0 aromatic carbocycles. The number of hydrogen-bond acceptors (Lipinski definition) is 2. The van der Waals surface area contributed by atoms with Crippen molar-refractivity contribution in [3.63, 3.8) is 0 Å². The summed E-state index contributed by atoms with van der Waals surface area (Å²) in [4.78, 5) is 0. The van der Waals surface area contributed by atoms with Crippen molar-refractivity contribution < 1.29 is 0 Å². The first-order valence-electron chi connectivity index (χ1n) is 8.81. The Morgan fingerprint density at radius 3 is 2.43 bits per heavy atom. The minimum atomic E-state index is 0.161. The van der Waals surface area contributed by atoms with E-state index in [2.05, 4.69) is 43.9 Å². The number of hydrogen-bond donors (Lipinski definition) is 1. The van der Waals surface area contributed by atoms with Gasteiger partial charge in [0.25, 0.3) is 0 Å². The van der Waals surface area contributed by atoms with Gasteiger partial charge in [-0.05, 0) is 40.0 Å². The fraction of sp³-hybridized carbons (Fsp3) is 0.833. The number of rotatable bonds is 5. The van der Waals surface area contributed by atoms with Crippen LogP contribution >= 0.6 is 0 Å². The first-order valence-corrected chi connectivity index (χ1v) is 8.81. The zero-order valence-electron chi connectivity index (χ0n) is 14.4. The third-order valence-corrected chi connectivity index (χ3v) is 4.45. The largest absolute Gasteiger partial charge is 0.308 e. The molecule has 0 amide bonds. The molecule has 1 aromatic heterocycles. The molecule has 0 radical (unpaired) electrons. The quantitative estimate of drug-likeness (QED) is 0.802. The Morgan fingerprint density at radius 1 is 1.19 bits per heavy atom. The lowest BCUT2D eigenvalue weighted by Gasteiger charge is -2.22. The van der Waals surface area contributed by atoms with E-state index in [1.54, 1.807) is 0 Å². The van der Waals surface area contributed by atoms with Gasteiger partial charge in [-0.25, -0.2) is 0 Å². The highest BCUT2D eigenvalue weighted by atomic mass is 15.3. The summed E-state index contributed by atoms with van der Waals surface area (Å²) < 4.78 is 2.37. The van der Waals surface area contributed by atoms with Crippen molar-refractivity contribution in [2.75, 3.05) is 0 Å². The summed E-state index contributed by atoms with van der Waals surface area (Å²) in [6.45, 7) is 9.88. The average molecular weight is 291 g/mol. The van der Waals surface area contributed by atoms with Gasteiger partial charge >= 0.3 is 0 Å². The normalized spacial score (nSPS) is 17.9. The molecule has 1 aliphatic rings. The Bertz CT molecular complexity index is 420. The highest BCUT2D eigenvalue weighted by Crippen LogP contribution is 2.29. The molecule has 1 aromatic rings. The van der Waals surface area contributed by atoms with E-state index in [0.29, 0.717) is 6.04 Å². The van der Waals surface area contributed by atoms with Crippen LogP contribution in [0, 0.1) is 0 Å². The molecule has 0 spiro atoms.